The molecule has 6 nitrogen and oxygen atoms in total. The van der Waals surface area contributed by atoms with Crippen molar-refractivity contribution in [1.82, 2.24) is 9.88 Å². The molecule has 1 saturated heterocycles. The van der Waals surface area contributed by atoms with E-state index in [0.717, 1.165) is 63.2 Å². The molecule has 2 atom stereocenters. The molecule has 1 fully saturated rings. The first-order valence-electron chi connectivity index (χ1n) is 13.2. The summed E-state index contributed by atoms with van der Waals surface area (Å²) >= 11 is 0. The van der Waals surface area contributed by atoms with Crippen molar-refractivity contribution in [2.24, 2.45) is 0 Å². The SMILES string of the molecule is COc1ccc(C(C=O)N2c3ccccc3CCC2CN2CCN(c3cccc4[nH]ccc34)CC2)cc1. The summed E-state index contributed by atoms with van der Waals surface area (Å²) in [5, 5.41) is 1.29. The number of nitrogens with one attached hydrogen (secondary N) is 1. The van der Waals surface area contributed by atoms with E-state index < -0.39 is 0 Å². The maximum Gasteiger partial charge on any atom is 0.146 e. The van der Waals surface area contributed by atoms with Crippen molar-refractivity contribution in [3.63, 3.8) is 0 Å². The number of hydrogen-bond acceptors (Lipinski definition) is 5. The normalized spacial score (nSPS) is 19.0. The van der Waals surface area contributed by atoms with Gasteiger partial charge >= 0.3 is 0 Å². The standard InChI is InChI=1S/C31H34N4O2/c1-37-26-13-10-24(11-14-26)31(22-36)35-25(12-9-23-5-2-3-7-29(23)35)21-33-17-19-34(20-18-33)30-8-4-6-28-27(30)15-16-32-28/h2-8,10-11,13-16,22,25,31-32H,9,12,17-21H2,1H3. The first-order valence-corrected chi connectivity index (χ1v) is 13.2. The minimum absolute atomic E-state index is 0.270. The summed E-state index contributed by atoms with van der Waals surface area (Å²) in [7, 11) is 1.67. The van der Waals surface area contributed by atoms with Gasteiger partial charge < -0.3 is 24.3 Å². The van der Waals surface area contributed by atoms with Gasteiger partial charge in [-0.15, -0.1) is 0 Å². The van der Waals surface area contributed by atoms with Crippen molar-refractivity contribution in [3.05, 3.63) is 90.1 Å². The topological polar surface area (TPSA) is 51.8 Å². The van der Waals surface area contributed by atoms with Crippen LogP contribution in [0.15, 0.2) is 79.0 Å². The van der Waals surface area contributed by atoms with Gasteiger partial charge in [0.25, 0.3) is 0 Å². The monoisotopic (exact) mass is 494 g/mol. The Balaban J connectivity index is 1.22. The first kappa shape index (κ1) is 23.6. The molecule has 3 heterocycles. The number of carbonyl (C=O) groups excluding carboxylic acids is 1. The van der Waals surface area contributed by atoms with Crippen molar-refractivity contribution < 1.29 is 9.53 Å². The Bertz CT molecular complexity index is 1360. The van der Waals surface area contributed by atoms with Crippen LogP contribution in [0.2, 0.25) is 0 Å². The van der Waals surface area contributed by atoms with E-state index in [0.29, 0.717) is 0 Å². The van der Waals surface area contributed by atoms with Crippen molar-refractivity contribution in [2.75, 3.05) is 49.6 Å². The van der Waals surface area contributed by atoms with Crippen LogP contribution in [-0.2, 0) is 11.2 Å². The Morgan fingerprint density at radius 2 is 1.73 bits per heavy atom. The van der Waals surface area contributed by atoms with E-state index in [1.165, 1.54) is 27.8 Å². The molecule has 0 saturated carbocycles. The highest BCUT2D eigenvalue weighted by molar-refractivity contribution is 5.92. The lowest BCUT2D eigenvalue weighted by atomic mass is 9.91. The third-order valence-electron chi connectivity index (χ3n) is 8.05. The Hall–Kier alpha value is -3.77. The minimum Gasteiger partial charge on any atom is -0.497 e. The molecule has 6 rings (SSSR count). The van der Waals surface area contributed by atoms with Crippen LogP contribution in [0.5, 0.6) is 5.75 Å². The molecule has 2 aliphatic rings. The molecule has 1 N–H and O–H groups in total. The number of piperazine rings is 1. The van der Waals surface area contributed by atoms with Gasteiger partial charge in [-0.05, 0) is 60.4 Å². The van der Waals surface area contributed by atoms with E-state index in [1.54, 1.807) is 7.11 Å². The van der Waals surface area contributed by atoms with Crippen LogP contribution in [-0.4, -0.2) is 62.0 Å². The number of benzene rings is 3. The molecule has 0 spiro atoms. The number of anilines is 2. The number of ether oxygens (including phenoxy) is 1. The quantitative estimate of drug-likeness (QED) is 0.364. The number of carbonyl (C=O) groups is 1. The third-order valence-corrected chi connectivity index (χ3v) is 8.05. The molecule has 0 bridgehead atoms. The number of aromatic nitrogens is 1. The number of H-pyrrole nitrogens is 1. The van der Waals surface area contributed by atoms with Gasteiger partial charge in [-0.25, -0.2) is 0 Å². The van der Waals surface area contributed by atoms with Gasteiger partial charge in [-0.1, -0.05) is 36.4 Å². The van der Waals surface area contributed by atoms with E-state index in [1.807, 2.05) is 30.5 Å². The summed E-state index contributed by atoms with van der Waals surface area (Å²) < 4.78 is 5.35. The molecule has 0 amide bonds. The summed E-state index contributed by atoms with van der Waals surface area (Å²) in [4.78, 5) is 23.4. The van der Waals surface area contributed by atoms with Gasteiger partial charge in [0.2, 0.25) is 0 Å². The predicted octanol–water partition coefficient (Wildman–Crippen LogP) is 5.06. The molecule has 190 valence electrons. The number of rotatable bonds is 7. The molecule has 2 unspecified atom stereocenters. The highest BCUT2D eigenvalue weighted by Crippen LogP contribution is 2.37. The molecular weight excluding hydrogens is 460 g/mol. The van der Waals surface area contributed by atoms with Gasteiger partial charge in [-0.2, -0.15) is 0 Å². The van der Waals surface area contributed by atoms with Gasteiger partial charge in [-0.3, -0.25) is 4.90 Å². The van der Waals surface area contributed by atoms with Gasteiger partial charge in [0, 0.05) is 67.2 Å². The highest BCUT2D eigenvalue weighted by atomic mass is 16.5. The zero-order valence-electron chi connectivity index (χ0n) is 21.3. The fourth-order valence-corrected chi connectivity index (χ4v) is 6.11. The van der Waals surface area contributed by atoms with Crippen LogP contribution >= 0.6 is 0 Å². The van der Waals surface area contributed by atoms with E-state index in [4.69, 9.17) is 4.74 Å². The number of methoxy groups -OCH3 is 1. The maximum absolute atomic E-state index is 12.6. The Kier molecular flexibility index (Phi) is 6.58. The van der Waals surface area contributed by atoms with Crippen LogP contribution in [0.3, 0.4) is 0 Å². The number of fused-ring (bicyclic) bond motifs is 2. The molecule has 0 aliphatic carbocycles. The van der Waals surface area contributed by atoms with Crippen molar-refractivity contribution in [3.8, 4) is 5.75 Å². The predicted molar refractivity (Wildman–Crippen MR) is 150 cm³/mol. The van der Waals surface area contributed by atoms with Crippen LogP contribution in [0.4, 0.5) is 11.4 Å². The second kappa shape index (κ2) is 10.3. The molecule has 3 aromatic carbocycles. The van der Waals surface area contributed by atoms with Gasteiger partial charge in [0.15, 0.2) is 0 Å². The van der Waals surface area contributed by atoms with Gasteiger partial charge in [0.05, 0.1) is 7.11 Å². The van der Waals surface area contributed by atoms with Crippen LogP contribution in [0, 0.1) is 0 Å². The third kappa shape index (κ3) is 4.58. The molecule has 6 heteroatoms. The Morgan fingerprint density at radius 1 is 0.946 bits per heavy atom. The van der Waals surface area contributed by atoms with Crippen molar-refractivity contribution in [2.45, 2.75) is 24.9 Å². The molecular formula is C31H34N4O2. The molecule has 0 radical (unpaired) electrons. The second-order valence-corrected chi connectivity index (χ2v) is 10.1. The highest BCUT2D eigenvalue weighted by Gasteiger charge is 2.34. The molecule has 37 heavy (non-hydrogen) atoms. The second-order valence-electron chi connectivity index (χ2n) is 10.1. The summed E-state index contributed by atoms with van der Waals surface area (Å²) in [5.41, 5.74) is 6.01. The molecule has 2 aliphatic heterocycles. The lowest BCUT2D eigenvalue weighted by molar-refractivity contribution is -0.109. The first-order chi connectivity index (χ1) is 18.2. The largest absolute Gasteiger partial charge is 0.497 e. The van der Waals surface area contributed by atoms with E-state index in [-0.39, 0.29) is 12.1 Å². The maximum atomic E-state index is 12.6. The number of hydrogen-bond donors (Lipinski definition) is 1. The Labute approximate surface area is 218 Å². The fourth-order valence-electron chi connectivity index (χ4n) is 6.11. The van der Waals surface area contributed by atoms with Gasteiger partial charge in [0.1, 0.15) is 18.1 Å². The smallest absolute Gasteiger partial charge is 0.146 e. The average molecular weight is 495 g/mol. The zero-order chi connectivity index (χ0) is 25.2. The van der Waals surface area contributed by atoms with Crippen LogP contribution in [0.25, 0.3) is 10.9 Å². The molecule has 4 aromatic rings. The Morgan fingerprint density at radius 3 is 2.51 bits per heavy atom. The van der Waals surface area contributed by atoms with E-state index in [2.05, 4.69) is 68.2 Å². The fraction of sp³-hybridized carbons (Fsp3) is 0.323. The number of para-hydroxylation sites is 1. The zero-order valence-corrected chi connectivity index (χ0v) is 21.3. The summed E-state index contributed by atoms with van der Waals surface area (Å²) in [5.74, 6) is 0.803. The molecule has 1 aromatic heterocycles. The average Bonchev–Trinajstić information content (AvgIpc) is 3.44. The summed E-state index contributed by atoms with van der Waals surface area (Å²) in [6.07, 6.45) is 5.21. The summed E-state index contributed by atoms with van der Waals surface area (Å²) in [6, 6.07) is 25.1. The van der Waals surface area contributed by atoms with Crippen molar-refractivity contribution in [1.29, 1.82) is 0 Å². The number of aromatic amines is 1. The lowest BCUT2D eigenvalue weighted by Crippen LogP contribution is -2.53. The van der Waals surface area contributed by atoms with Crippen molar-refractivity contribution >= 4 is 28.6 Å². The minimum atomic E-state index is -0.329. The van der Waals surface area contributed by atoms with Crippen LogP contribution in [0.1, 0.15) is 23.6 Å². The number of nitrogens with zero attached hydrogens (tertiary/aromatic N) is 3. The number of aryl methyl sites for hydroxylation is 1. The van der Waals surface area contributed by atoms with Crippen LogP contribution < -0.4 is 14.5 Å². The van der Waals surface area contributed by atoms with E-state index in [9.17, 15) is 4.79 Å². The lowest BCUT2D eigenvalue weighted by Gasteiger charge is -2.45. The summed E-state index contributed by atoms with van der Waals surface area (Å²) in [6.45, 7) is 4.99. The number of aldehydes is 1. The van der Waals surface area contributed by atoms with E-state index >= 15 is 0 Å².